The summed E-state index contributed by atoms with van der Waals surface area (Å²) in [6.07, 6.45) is 7.55. The average Bonchev–Trinajstić information content (AvgIpc) is 3.49. The van der Waals surface area contributed by atoms with Crippen molar-refractivity contribution in [1.29, 1.82) is 0 Å². The first-order valence-electron chi connectivity index (χ1n) is 11.9. The molecule has 0 aromatic carbocycles. The van der Waals surface area contributed by atoms with E-state index in [9.17, 15) is 13.6 Å². The third-order valence-electron chi connectivity index (χ3n) is 7.38. The van der Waals surface area contributed by atoms with Gasteiger partial charge in [0.05, 0.1) is 12.0 Å². The van der Waals surface area contributed by atoms with Crippen LogP contribution in [0.15, 0.2) is 54.8 Å². The van der Waals surface area contributed by atoms with Gasteiger partial charge in [0.2, 0.25) is 11.9 Å². The van der Waals surface area contributed by atoms with Gasteiger partial charge in [-0.15, -0.1) is 0 Å². The van der Waals surface area contributed by atoms with Crippen molar-refractivity contribution in [3.63, 3.8) is 0 Å². The molecule has 180 valence electrons. The zero-order valence-corrected chi connectivity index (χ0v) is 19.6. The van der Waals surface area contributed by atoms with E-state index in [2.05, 4.69) is 19.9 Å². The molecule has 2 unspecified atom stereocenters. The zero-order chi connectivity index (χ0) is 24.3. The summed E-state index contributed by atoms with van der Waals surface area (Å²) in [4.78, 5) is 33.0. The van der Waals surface area contributed by atoms with E-state index in [-0.39, 0.29) is 11.6 Å². The Balaban J connectivity index is 1.23. The fraction of sp³-hybridized carbons (Fsp3) is 0.385. The van der Waals surface area contributed by atoms with Gasteiger partial charge in [0.25, 0.3) is 0 Å². The van der Waals surface area contributed by atoms with Crippen molar-refractivity contribution in [1.82, 2.24) is 24.8 Å². The summed E-state index contributed by atoms with van der Waals surface area (Å²) < 4.78 is 28.6. The molecular formula is C26H26F2N6O. The van der Waals surface area contributed by atoms with Crippen LogP contribution in [0.25, 0.3) is 5.57 Å². The highest BCUT2D eigenvalue weighted by Gasteiger charge is 2.48. The number of nitrogens with zero attached hydrogens (tertiary/aromatic N) is 6. The zero-order valence-electron chi connectivity index (χ0n) is 19.6. The largest absolute Gasteiger partial charge is 0.343 e. The molecule has 7 nitrogen and oxygen atoms in total. The van der Waals surface area contributed by atoms with Crippen LogP contribution in [0.5, 0.6) is 0 Å². The van der Waals surface area contributed by atoms with Crippen LogP contribution >= 0.6 is 0 Å². The predicted molar refractivity (Wildman–Crippen MR) is 127 cm³/mol. The summed E-state index contributed by atoms with van der Waals surface area (Å²) >= 11 is 0. The molecule has 0 aliphatic carbocycles. The van der Waals surface area contributed by atoms with Gasteiger partial charge in [-0.3, -0.25) is 9.78 Å². The third kappa shape index (κ3) is 3.79. The van der Waals surface area contributed by atoms with Crippen LogP contribution < -0.4 is 4.90 Å². The van der Waals surface area contributed by atoms with E-state index in [1.54, 1.807) is 17.2 Å². The molecule has 4 aliphatic rings. The number of likely N-dealkylation sites (tertiary alicyclic amines) is 1. The molecule has 2 aromatic rings. The number of fused-ring (bicyclic) bond motifs is 2. The number of allylic oxidation sites excluding steroid dienone is 2. The number of carbonyl (C=O) groups excluding carboxylic acids is 1. The normalized spacial score (nSPS) is 27.1. The monoisotopic (exact) mass is 476 g/mol. The number of hydrogen-bond acceptors (Lipinski definition) is 6. The van der Waals surface area contributed by atoms with E-state index < -0.39 is 23.6 Å². The van der Waals surface area contributed by atoms with E-state index in [1.807, 2.05) is 24.8 Å². The number of hydrogen-bond donors (Lipinski definition) is 0. The van der Waals surface area contributed by atoms with Crippen LogP contribution in [-0.2, 0) is 4.79 Å². The summed E-state index contributed by atoms with van der Waals surface area (Å²) in [5.41, 5.74) is 2.51. The maximum atomic E-state index is 14.7. The van der Waals surface area contributed by atoms with E-state index >= 15 is 0 Å². The Hall–Kier alpha value is -3.62. The van der Waals surface area contributed by atoms with Crippen LogP contribution in [0.2, 0.25) is 0 Å². The van der Waals surface area contributed by atoms with Crippen LogP contribution in [0.3, 0.4) is 0 Å². The highest BCUT2D eigenvalue weighted by Crippen LogP contribution is 2.42. The minimum absolute atomic E-state index is 0.0715. The third-order valence-corrected chi connectivity index (χ3v) is 7.38. The Labute approximate surface area is 202 Å². The maximum Gasteiger partial charge on any atom is 0.232 e. The second-order valence-corrected chi connectivity index (χ2v) is 9.83. The maximum absolute atomic E-state index is 14.7. The van der Waals surface area contributed by atoms with Crippen LogP contribution in [0.4, 0.5) is 14.7 Å². The fourth-order valence-corrected chi connectivity index (χ4v) is 5.86. The average molecular weight is 477 g/mol. The first-order chi connectivity index (χ1) is 16.9. The van der Waals surface area contributed by atoms with E-state index in [0.717, 1.165) is 30.4 Å². The topological polar surface area (TPSA) is 65.5 Å². The summed E-state index contributed by atoms with van der Waals surface area (Å²) in [6.45, 7) is 6.78. The second kappa shape index (κ2) is 8.25. The quantitative estimate of drug-likeness (QED) is 0.678. The molecule has 1 amide bonds. The van der Waals surface area contributed by atoms with E-state index in [4.69, 9.17) is 0 Å². The number of amides is 1. The number of aryl methyl sites for hydroxylation is 2. The Bertz CT molecular complexity index is 1260. The summed E-state index contributed by atoms with van der Waals surface area (Å²) in [7, 11) is 0. The Morgan fingerprint density at radius 1 is 1.03 bits per heavy atom. The molecule has 0 bridgehead atoms. The van der Waals surface area contributed by atoms with E-state index in [0.29, 0.717) is 30.5 Å². The number of rotatable bonds is 3. The predicted octanol–water partition coefficient (Wildman–Crippen LogP) is 3.24. The lowest BCUT2D eigenvalue weighted by Gasteiger charge is -2.30. The standard InChI is InChI=1S/C26H26F2N6O/c1-15-8-16(2)31-26(30-15)34-11-17-9-33(10-18(17)12-34)25(35)23-20(24-21(28)4-3-7-29-24)14-32-13-19(27)5-6-22(23)32/h3-8,13-14,17-18,22-23H,9-12H2,1-2H3/t17-,18+,22?,23?. The van der Waals surface area contributed by atoms with Gasteiger partial charge >= 0.3 is 0 Å². The van der Waals surface area contributed by atoms with Crippen LogP contribution in [-0.4, -0.2) is 62.9 Å². The highest BCUT2D eigenvalue weighted by atomic mass is 19.1. The van der Waals surface area contributed by atoms with Crippen molar-refractivity contribution in [2.75, 3.05) is 31.1 Å². The first-order valence-corrected chi connectivity index (χ1v) is 11.9. The minimum atomic E-state index is -0.655. The molecular weight excluding hydrogens is 450 g/mol. The molecule has 6 heterocycles. The minimum Gasteiger partial charge on any atom is -0.343 e. The molecule has 35 heavy (non-hydrogen) atoms. The van der Waals surface area contributed by atoms with Gasteiger partial charge in [0.1, 0.15) is 17.3 Å². The van der Waals surface area contributed by atoms with Gasteiger partial charge in [-0.1, -0.05) is 6.08 Å². The molecule has 9 heteroatoms. The first kappa shape index (κ1) is 21.9. The van der Waals surface area contributed by atoms with Gasteiger partial charge in [0, 0.05) is 73.6 Å². The van der Waals surface area contributed by atoms with Crippen molar-refractivity contribution >= 4 is 17.4 Å². The fourth-order valence-electron chi connectivity index (χ4n) is 5.86. The lowest BCUT2D eigenvalue weighted by molar-refractivity contribution is -0.133. The molecule has 0 radical (unpaired) electrons. The van der Waals surface area contributed by atoms with Gasteiger partial charge in [-0.05, 0) is 38.1 Å². The molecule has 6 rings (SSSR count). The van der Waals surface area contributed by atoms with Crippen molar-refractivity contribution in [2.45, 2.75) is 19.9 Å². The van der Waals surface area contributed by atoms with Crippen molar-refractivity contribution in [3.8, 4) is 0 Å². The SMILES string of the molecule is Cc1cc(C)nc(N2C[C@H]3CN(C(=O)C4C(c5ncccc5F)=CN5C=C(F)C=CC45)C[C@H]3C2)n1. The van der Waals surface area contributed by atoms with Crippen molar-refractivity contribution < 1.29 is 13.6 Å². The summed E-state index contributed by atoms with van der Waals surface area (Å²) in [5, 5.41) is 0. The lowest BCUT2D eigenvalue weighted by atomic mass is 9.89. The lowest BCUT2D eigenvalue weighted by Crippen LogP contribution is -2.43. The van der Waals surface area contributed by atoms with Crippen molar-refractivity contribution in [2.24, 2.45) is 17.8 Å². The van der Waals surface area contributed by atoms with Gasteiger partial charge in [0.15, 0.2) is 0 Å². The number of aromatic nitrogens is 3. The van der Waals surface area contributed by atoms with Gasteiger partial charge in [-0.2, -0.15) is 0 Å². The summed E-state index contributed by atoms with van der Waals surface area (Å²) in [6, 6.07) is 4.41. The number of halogens is 2. The number of anilines is 1. The molecule has 4 atom stereocenters. The molecule has 2 saturated heterocycles. The Kier molecular flexibility index (Phi) is 5.16. The molecule has 0 saturated carbocycles. The van der Waals surface area contributed by atoms with Crippen LogP contribution in [0, 0.1) is 37.4 Å². The number of carbonyl (C=O) groups is 1. The Morgan fingerprint density at radius 2 is 1.74 bits per heavy atom. The highest BCUT2D eigenvalue weighted by molar-refractivity contribution is 5.94. The molecule has 2 fully saturated rings. The van der Waals surface area contributed by atoms with Gasteiger partial charge in [-0.25, -0.2) is 18.7 Å². The smallest absolute Gasteiger partial charge is 0.232 e. The second-order valence-electron chi connectivity index (χ2n) is 9.83. The molecule has 0 N–H and O–H groups in total. The molecule has 0 spiro atoms. The van der Waals surface area contributed by atoms with Gasteiger partial charge < -0.3 is 14.7 Å². The van der Waals surface area contributed by atoms with Crippen molar-refractivity contribution in [3.05, 3.63) is 77.7 Å². The van der Waals surface area contributed by atoms with E-state index in [1.165, 1.54) is 30.6 Å². The Morgan fingerprint density at radius 3 is 2.43 bits per heavy atom. The number of pyridine rings is 1. The molecule has 4 aliphatic heterocycles. The molecule has 2 aromatic heterocycles. The summed E-state index contributed by atoms with van der Waals surface area (Å²) in [5.74, 6) is -0.241. The van der Waals surface area contributed by atoms with Crippen LogP contribution in [0.1, 0.15) is 17.1 Å².